The lowest BCUT2D eigenvalue weighted by Gasteiger charge is -2.15. The molecule has 0 amide bonds. The molecule has 0 saturated carbocycles. The van der Waals surface area contributed by atoms with Crippen molar-refractivity contribution < 1.29 is 14.3 Å². The maximum absolute atomic E-state index is 13.4. The number of pyridine rings is 1. The topological polar surface area (TPSA) is 62.2 Å². The predicted molar refractivity (Wildman–Crippen MR) is 50.9 cm³/mol. The summed E-state index contributed by atoms with van der Waals surface area (Å²) in [6.07, 6.45) is 2.60. The Labute approximate surface area is 86.1 Å². The number of nitrogens with one attached hydrogen (secondary N) is 1. The van der Waals surface area contributed by atoms with Gasteiger partial charge in [0.2, 0.25) is 0 Å². The van der Waals surface area contributed by atoms with E-state index in [0.29, 0.717) is 18.7 Å². The second-order valence-electron chi connectivity index (χ2n) is 3.61. The number of hydrogen-bond acceptors (Lipinski definition) is 3. The number of aromatic nitrogens is 1. The van der Waals surface area contributed by atoms with Gasteiger partial charge in [0.15, 0.2) is 0 Å². The molecule has 2 atom stereocenters. The van der Waals surface area contributed by atoms with E-state index in [1.54, 1.807) is 6.07 Å². The van der Waals surface area contributed by atoms with Crippen LogP contribution in [0, 0.1) is 11.7 Å². The van der Waals surface area contributed by atoms with Crippen LogP contribution in [-0.4, -0.2) is 29.1 Å². The number of halogens is 1. The van der Waals surface area contributed by atoms with Crippen molar-refractivity contribution in [2.75, 3.05) is 13.1 Å². The van der Waals surface area contributed by atoms with Crippen molar-refractivity contribution in [3.05, 3.63) is 29.8 Å². The van der Waals surface area contributed by atoms with Gasteiger partial charge in [0.05, 0.1) is 12.1 Å². The highest BCUT2D eigenvalue weighted by Gasteiger charge is 2.35. The van der Waals surface area contributed by atoms with Crippen molar-refractivity contribution in [3.63, 3.8) is 0 Å². The van der Waals surface area contributed by atoms with Crippen molar-refractivity contribution in [2.24, 2.45) is 5.92 Å². The van der Waals surface area contributed by atoms with Crippen LogP contribution in [0.15, 0.2) is 18.5 Å². The summed E-state index contributed by atoms with van der Waals surface area (Å²) < 4.78 is 13.4. The molecule has 1 aromatic rings. The van der Waals surface area contributed by atoms with Gasteiger partial charge in [-0.05, 0) is 11.6 Å². The zero-order chi connectivity index (χ0) is 10.8. The van der Waals surface area contributed by atoms with Crippen LogP contribution < -0.4 is 5.32 Å². The highest BCUT2D eigenvalue weighted by molar-refractivity contribution is 5.72. The Kier molecular flexibility index (Phi) is 2.64. The van der Waals surface area contributed by atoms with Crippen molar-refractivity contribution in [3.8, 4) is 0 Å². The third-order valence-electron chi connectivity index (χ3n) is 2.73. The van der Waals surface area contributed by atoms with E-state index in [4.69, 9.17) is 5.11 Å². The van der Waals surface area contributed by atoms with E-state index >= 15 is 0 Å². The number of carboxylic acid groups (broad SMARTS) is 1. The van der Waals surface area contributed by atoms with Gasteiger partial charge in [-0.1, -0.05) is 0 Å². The molecule has 1 aromatic heterocycles. The number of nitrogens with zero attached hydrogens (tertiary/aromatic N) is 1. The van der Waals surface area contributed by atoms with Crippen LogP contribution in [0.4, 0.5) is 4.39 Å². The molecular weight excluding hydrogens is 199 g/mol. The quantitative estimate of drug-likeness (QED) is 0.750. The Balaban J connectivity index is 2.30. The standard InChI is InChI=1S/C10H11FN2O2/c11-9-5-12-2-1-6(9)7-3-13-4-8(7)10(14)15/h1-2,5,7-8,13H,3-4H2,(H,14,15). The Morgan fingerprint density at radius 2 is 2.40 bits per heavy atom. The van der Waals surface area contributed by atoms with E-state index in [1.807, 2.05) is 0 Å². The summed E-state index contributed by atoms with van der Waals surface area (Å²) in [6.45, 7) is 0.889. The Bertz CT molecular complexity index is 383. The zero-order valence-electron chi connectivity index (χ0n) is 7.98. The fourth-order valence-electron chi connectivity index (χ4n) is 1.95. The molecule has 2 unspecified atom stereocenters. The molecule has 0 aromatic carbocycles. The summed E-state index contributed by atoms with van der Waals surface area (Å²) >= 11 is 0. The van der Waals surface area contributed by atoms with Crippen LogP contribution in [0.3, 0.4) is 0 Å². The van der Waals surface area contributed by atoms with Crippen LogP contribution >= 0.6 is 0 Å². The van der Waals surface area contributed by atoms with Crippen LogP contribution in [-0.2, 0) is 4.79 Å². The Morgan fingerprint density at radius 1 is 1.60 bits per heavy atom. The van der Waals surface area contributed by atoms with Crippen molar-refractivity contribution in [1.29, 1.82) is 0 Å². The lowest BCUT2D eigenvalue weighted by atomic mass is 9.89. The lowest BCUT2D eigenvalue weighted by molar-refractivity contribution is -0.141. The first-order valence-corrected chi connectivity index (χ1v) is 4.73. The van der Waals surface area contributed by atoms with Crippen molar-refractivity contribution in [1.82, 2.24) is 10.3 Å². The molecule has 4 nitrogen and oxygen atoms in total. The summed E-state index contributed by atoms with van der Waals surface area (Å²) in [5.41, 5.74) is 0.433. The maximum atomic E-state index is 13.4. The number of aliphatic carboxylic acids is 1. The summed E-state index contributed by atoms with van der Waals surface area (Å²) in [4.78, 5) is 14.6. The number of carbonyl (C=O) groups is 1. The molecule has 0 bridgehead atoms. The SMILES string of the molecule is O=C(O)C1CNCC1c1ccncc1F. The third-order valence-corrected chi connectivity index (χ3v) is 2.73. The first-order chi connectivity index (χ1) is 7.20. The van der Waals surface area contributed by atoms with Crippen LogP contribution in [0.2, 0.25) is 0 Å². The second-order valence-corrected chi connectivity index (χ2v) is 3.61. The zero-order valence-corrected chi connectivity index (χ0v) is 7.98. The molecule has 0 radical (unpaired) electrons. The minimum atomic E-state index is -0.888. The first kappa shape index (κ1) is 10.0. The van der Waals surface area contributed by atoms with E-state index in [2.05, 4.69) is 10.3 Å². The van der Waals surface area contributed by atoms with Crippen LogP contribution in [0.25, 0.3) is 0 Å². The maximum Gasteiger partial charge on any atom is 0.308 e. The molecule has 2 heterocycles. The summed E-state index contributed by atoms with van der Waals surface area (Å²) in [7, 11) is 0. The van der Waals surface area contributed by atoms with Crippen molar-refractivity contribution in [2.45, 2.75) is 5.92 Å². The predicted octanol–water partition coefficient (Wildman–Crippen LogP) is 0.608. The van der Waals surface area contributed by atoms with Gasteiger partial charge in [0.1, 0.15) is 5.82 Å². The molecule has 1 aliphatic rings. The van der Waals surface area contributed by atoms with Crippen LogP contribution in [0.1, 0.15) is 11.5 Å². The minimum absolute atomic E-state index is 0.300. The fraction of sp³-hybridized carbons (Fsp3) is 0.400. The molecule has 1 fully saturated rings. The summed E-state index contributed by atoms with van der Waals surface area (Å²) in [5.74, 6) is -2.17. The van der Waals surface area contributed by atoms with E-state index in [1.165, 1.54) is 6.20 Å². The Hall–Kier alpha value is -1.49. The Morgan fingerprint density at radius 3 is 3.07 bits per heavy atom. The molecule has 80 valence electrons. The van der Waals surface area contributed by atoms with Crippen LogP contribution in [0.5, 0.6) is 0 Å². The summed E-state index contributed by atoms with van der Waals surface area (Å²) in [5, 5.41) is 11.9. The minimum Gasteiger partial charge on any atom is -0.481 e. The normalized spacial score (nSPS) is 25.4. The fourth-order valence-corrected chi connectivity index (χ4v) is 1.95. The number of carboxylic acids is 1. The first-order valence-electron chi connectivity index (χ1n) is 4.73. The molecule has 1 aliphatic heterocycles. The lowest BCUT2D eigenvalue weighted by Crippen LogP contribution is -2.21. The monoisotopic (exact) mass is 210 g/mol. The van der Waals surface area contributed by atoms with E-state index < -0.39 is 17.7 Å². The summed E-state index contributed by atoms with van der Waals surface area (Å²) in [6, 6.07) is 1.54. The van der Waals surface area contributed by atoms with Gasteiger partial charge in [0.25, 0.3) is 0 Å². The van der Waals surface area contributed by atoms with Gasteiger partial charge in [-0.3, -0.25) is 9.78 Å². The molecule has 0 spiro atoms. The van der Waals surface area contributed by atoms with E-state index in [-0.39, 0.29) is 5.92 Å². The van der Waals surface area contributed by atoms with Gasteiger partial charge in [-0.25, -0.2) is 4.39 Å². The van der Waals surface area contributed by atoms with E-state index in [9.17, 15) is 9.18 Å². The van der Waals surface area contributed by atoms with E-state index in [0.717, 1.165) is 6.20 Å². The molecule has 5 heteroatoms. The number of hydrogen-bond donors (Lipinski definition) is 2. The molecule has 1 saturated heterocycles. The highest BCUT2D eigenvalue weighted by Crippen LogP contribution is 2.29. The average molecular weight is 210 g/mol. The van der Waals surface area contributed by atoms with Gasteiger partial charge >= 0.3 is 5.97 Å². The molecule has 2 N–H and O–H groups in total. The van der Waals surface area contributed by atoms with Gasteiger partial charge in [-0.2, -0.15) is 0 Å². The molecule has 2 rings (SSSR count). The largest absolute Gasteiger partial charge is 0.481 e. The van der Waals surface area contributed by atoms with Gasteiger partial charge < -0.3 is 10.4 Å². The smallest absolute Gasteiger partial charge is 0.308 e. The van der Waals surface area contributed by atoms with Crippen molar-refractivity contribution >= 4 is 5.97 Å². The van der Waals surface area contributed by atoms with Gasteiger partial charge in [0, 0.05) is 25.2 Å². The molecule has 0 aliphatic carbocycles. The number of rotatable bonds is 2. The highest BCUT2D eigenvalue weighted by atomic mass is 19.1. The van der Waals surface area contributed by atoms with Gasteiger partial charge in [-0.15, -0.1) is 0 Å². The average Bonchev–Trinajstić information content (AvgIpc) is 2.67. The molecule has 15 heavy (non-hydrogen) atoms. The molecular formula is C10H11FN2O2. The third kappa shape index (κ3) is 1.83. The second kappa shape index (κ2) is 3.94.